The van der Waals surface area contributed by atoms with Crippen molar-refractivity contribution < 1.29 is 0 Å². The van der Waals surface area contributed by atoms with Crippen LogP contribution in [0.25, 0.3) is 83.3 Å². The van der Waals surface area contributed by atoms with E-state index in [0.29, 0.717) is 0 Å². The fraction of sp³-hybridized carbons (Fsp3) is 0.0253. The van der Waals surface area contributed by atoms with Crippen LogP contribution in [0, 0.1) is 0 Å². The molecule has 12 aromatic carbocycles. The average molecular weight is 1040 g/mol. The summed E-state index contributed by atoms with van der Waals surface area (Å²) in [6, 6.07) is 115. The molecule has 382 valence electrons. The van der Waals surface area contributed by atoms with E-state index in [2.05, 4.69) is 319 Å². The maximum absolute atomic E-state index is 5.68. The SMILES string of the molecule is c1ccc(-c2nn3c(-c4ccccc4)cc4c(N(c5cccc6c5-c5ccccc5C6(c5ccccc5)c5ccccc5)c5cccc6c5-c5ccccc5C65c6ccccc6-c6ccccc65)cccc4c3c2-c2ccccc2)cc1. The number of hydrogen-bond acceptors (Lipinski definition) is 2. The number of pyridine rings is 1. The van der Waals surface area contributed by atoms with Crippen molar-refractivity contribution in [1.29, 1.82) is 0 Å². The summed E-state index contributed by atoms with van der Waals surface area (Å²) in [6.07, 6.45) is 0. The van der Waals surface area contributed by atoms with Crippen LogP contribution in [0.4, 0.5) is 17.1 Å². The number of aromatic nitrogens is 2. The molecule has 3 aliphatic carbocycles. The molecule has 82 heavy (non-hydrogen) atoms. The molecule has 0 amide bonds. The number of fused-ring (bicyclic) bond motifs is 16. The highest BCUT2D eigenvalue weighted by Crippen LogP contribution is 2.66. The predicted octanol–water partition coefficient (Wildman–Crippen LogP) is 19.7. The summed E-state index contributed by atoms with van der Waals surface area (Å²) in [6.45, 7) is 0. The molecule has 0 saturated heterocycles. The van der Waals surface area contributed by atoms with Gasteiger partial charge in [-0.1, -0.05) is 285 Å². The molecule has 17 rings (SSSR count). The molecule has 2 aromatic heterocycles. The van der Waals surface area contributed by atoms with Gasteiger partial charge in [-0.15, -0.1) is 0 Å². The van der Waals surface area contributed by atoms with Gasteiger partial charge in [-0.05, 0) is 96.6 Å². The van der Waals surface area contributed by atoms with E-state index >= 15 is 0 Å². The van der Waals surface area contributed by atoms with Gasteiger partial charge in [0, 0.05) is 38.6 Å². The van der Waals surface area contributed by atoms with E-state index in [1.165, 1.54) is 77.9 Å². The minimum atomic E-state index is -0.621. The van der Waals surface area contributed by atoms with Crippen LogP contribution in [0.2, 0.25) is 0 Å². The molecule has 0 aliphatic heterocycles. The summed E-state index contributed by atoms with van der Waals surface area (Å²) >= 11 is 0. The Morgan fingerprint density at radius 2 is 0.671 bits per heavy atom. The number of benzene rings is 12. The normalized spacial score (nSPS) is 13.6. The van der Waals surface area contributed by atoms with Gasteiger partial charge in [0.05, 0.1) is 39.1 Å². The minimum Gasteiger partial charge on any atom is -0.309 e. The van der Waals surface area contributed by atoms with Crippen molar-refractivity contribution >= 4 is 33.4 Å². The Morgan fingerprint density at radius 1 is 0.280 bits per heavy atom. The van der Waals surface area contributed by atoms with Gasteiger partial charge in [0.25, 0.3) is 0 Å². The van der Waals surface area contributed by atoms with Gasteiger partial charge in [-0.3, -0.25) is 0 Å². The van der Waals surface area contributed by atoms with E-state index < -0.39 is 10.8 Å². The fourth-order valence-electron chi connectivity index (χ4n) is 15.0. The highest BCUT2D eigenvalue weighted by atomic mass is 15.2. The summed E-state index contributed by atoms with van der Waals surface area (Å²) in [7, 11) is 0. The third-order valence-corrected chi connectivity index (χ3v) is 18.1. The molecule has 3 nitrogen and oxygen atoms in total. The Kier molecular flexibility index (Phi) is 10.1. The molecule has 0 bridgehead atoms. The number of hydrogen-bond donors (Lipinski definition) is 0. The van der Waals surface area contributed by atoms with Gasteiger partial charge in [-0.2, -0.15) is 5.10 Å². The third-order valence-electron chi connectivity index (χ3n) is 18.1. The number of rotatable bonds is 8. The molecule has 1 spiro atoms. The molecule has 0 unspecified atom stereocenters. The van der Waals surface area contributed by atoms with Crippen molar-refractivity contribution in [2.75, 3.05) is 4.90 Å². The van der Waals surface area contributed by atoms with E-state index in [9.17, 15) is 0 Å². The van der Waals surface area contributed by atoms with Crippen molar-refractivity contribution in [3.63, 3.8) is 0 Å². The van der Waals surface area contributed by atoms with Crippen molar-refractivity contribution in [3.8, 4) is 67.0 Å². The smallest absolute Gasteiger partial charge is 0.101 e. The Balaban J connectivity index is 1.04. The Labute approximate surface area is 477 Å². The standard InChI is InChI=1S/C79H51N3/c1-6-27-52(28-7-1)72-51-62-59(77-73(53-29-8-2-9-30-53)76(80-82(72)77)54-31-10-3-11-32-54)41-24-48-69(62)81(70-49-25-46-67-74(70)60-39-18-22-44-65(60)78(67,55-33-12-4-13-34-55)56-35-14-5-15-36-56)71-50-26-47-68-75(71)61-40-19-23-45-66(61)79(68)63-42-20-16-37-57(63)58-38-17-21-43-64(58)79/h1-51H. The lowest BCUT2D eigenvalue weighted by atomic mass is 9.68. The second kappa shape index (κ2) is 18.0. The zero-order valence-electron chi connectivity index (χ0n) is 44.8. The van der Waals surface area contributed by atoms with Gasteiger partial charge < -0.3 is 4.90 Å². The lowest BCUT2D eigenvalue weighted by Gasteiger charge is -2.35. The summed E-state index contributed by atoms with van der Waals surface area (Å²) in [5.41, 5.74) is 27.1. The first kappa shape index (κ1) is 46.3. The first-order chi connectivity index (χ1) is 40.7. The van der Waals surface area contributed by atoms with Crippen LogP contribution < -0.4 is 4.90 Å². The van der Waals surface area contributed by atoms with Crippen molar-refractivity contribution in [2.24, 2.45) is 0 Å². The monoisotopic (exact) mass is 1040 g/mol. The van der Waals surface area contributed by atoms with Crippen molar-refractivity contribution in [2.45, 2.75) is 10.8 Å². The van der Waals surface area contributed by atoms with E-state index in [4.69, 9.17) is 5.10 Å². The first-order valence-corrected chi connectivity index (χ1v) is 28.5. The topological polar surface area (TPSA) is 20.5 Å². The Bertz CT molecular complexity index is 4670. The molecule has 0 radical (unpaired) electrons. The summed E-state index contributed by atoms with van der Waals surface area (Å²) in [5.74, 6) is 0. The van der Waals surface area contributed by atoms with Crippen LogP contribution in [0.5, 0.6) is 0 Å². The fourth-order valence-corrected chi connectivity index (χ4v) is 15.0. The van der Waals surface area contributed by atoms with Crippen LogP contribution in [0.15, 0.2) is 309 Å². The average Bonchev–Trinajstić information content (AvgIpc) is 2.09. The zero-order chi connectivity index (χ0) is 53.9. The first-order valence-electron chi connectivity index (χ1n) is 28.5. The lowest BCUT2D eigenvalue weighted by Crippen LogP contribution is -2.28. The zero-order valence-corrected chi connectivity index (χ0v) is 44.8. The molecule has 14 aromatic rings. The molecular formula is C79H51N3. The van der Waals surface area contributed by atoms with Crippen LogP contribution in [-0.2, 0) is 10.8 Å². The maximum atomic E-state index is 5.68. The van der Waals surface area contributed by atoms with E-state index in [1.54, 1.807) is 0 Å². The largest absolute Gasteiger partial charge is 0.309 e. The molecule has 3 aliphatic rings. The Hall–Kier alpha value is -10.6. The second-order valence-corrected chi connectivity index (χ2v) is 22.0. The van der Waals surface area contributed by atoms with E-state index in [0.717, 1.165) is 67.0 Å². The van der Waals surface area contributed by atoms with Crippen LogP contribution in [-0.4, -0.2) is 9.61 Å². The molecule has 0 fully saturated rings. The van der Waals surface area contributed by atoms with Gasteiger partial charge in [-0.25, -0.2) is 4.52 Å². The van der Waals surface area contributed by atoms with E-state index in [-0.39, 0.29) is 0 Å². The van der Waals surface area contributed by atoms with Crippen LogP contribution in [0.1, 0.15) is 44.5 Å². The van der Waals surface area contributed by atoms with Gasteiger partial charge >= 0.3 is 0 Å². The van der Waals surface area contributed by atoms with Crippen LogP contribution >= 0.6 is 0 Å². The predicted molar refractivity (Wildman–Crippen MR) is 337 cm³/mol. The molecule has 0 atom stereocenters. The highest BCUT2D eigenvalue weighted by Gasteiger charge is 2.53. The molecule has 3 heteroatoms. The van der Waals surface area contributed by atoms with Crippen LogP contribution in [0.3, 0.4) is 0 Å². The molecule has 2 heterocycles. The van der Waals surface area contributed by atoms with Gasteiger partial charge in [0.2, 0.25) is 0 Å². The number of nitrogens with zero attached hydrogens (tertiary/aromatic N) is 3. The molecular weight excluding hydrogens is 991 g/mol. The minimum absolute atomic E-state index is 0.552. The summed E-state index contributed by atoms with van der Waals surface area (Å²) < 4.78 is 2.22. The Morgan fingerprint density at radius 3 is 1.21 bits per heavy atom. The van der Waals surface area contributed by atoms with Crippen molar-refractivity contribution in [3.05, 3.63) is 354 Å². The summed E-state index contributed by atoms with van der Waals surface area (Å²) in [4.78, 5) is 2.65. The van der Waals surface area contributed by atoms with Gasteiger partial charge in [0.15, 0.2) is 0 Å². The third kappa shape index (κ3) is 6.28. The molecule has 0 N–H and O–H groups in total. The quantitative estimate of drug-likeness (QED) is 0.151. The summed E-state index contributed by atoms with van der Waals surface area (Å²) in [5, 5.41) is 7.89. The van der Waals surface area contributed by atoms with Gasteiger partial charge in [0.1, 0.15) is 5.69 Å². The van der Waals surface area contributed by atoms with E-state index in [1.807, 2.05) is 0 Å². The highest BCUT2D eigenvalue weighted by molar-refractivity contribution is 6.15. The maximum Gasteiger partial charge on any atom is 0.101 e. The lowest BCUT2D eigenvalue weighted by molar-refractivity contribution is 0.768. The second-order valence-electron chi connectivity index (χ2n) is 22.0. The number of anilines is 3. The molecule has 0 saturated carbocycles. The van der Waals surface area contributed by atoms with Crippen molar-refractivity contribution in [1.82, 2.24) is 9.61 Å².